The van der Waals surface area contributed by atoms with Gasteiger partial charge in [0.25, 0.3) is 5.91 Å². The van der Waals surface area contributed by atoms with Crippen LogP contribution in [0.4, 0.5) is 11.4 Å². The molecule has 0 aliphatic carbocycles. The van der Waals surface area contributed by atoms with E-state index in [4.69, 9.17) is 9.47 Å². The Kier molecular flexibility index (Phi) is 7.56. The van der Waals surface area contributed by atoms with E-state index < -0.39 is 0 Å². The first kappa shape index (κ1) is 23.4. The van der Waals surface area contributed by atoms with Crippen molar-refractivity contribution >= 4 is 29.4 Å². The van der Waals surface area contributed by atoms with E-state index in [2.05, 4.69) is 10.3 Å². The summed E-state index contributed by atoms with van der Waals surface area (Å²) in [5.41, 5.74) is 2.93. The van der Waals surface area contributed by atoms with Crippen molar-refractivity contribution in [3.63, 3.8) is 0 Å². The maximum atomic E-state index is 13.0. The van der Waals surface area contributed by atoms with E-state index in [0.717, 1.165) is 17.8 Å². The van der Waals surface area contributed by atoms with Gasteiger partial charge in [-0.3, -0.25) is 14.6 Å². The summed E-state index contributed by atoms with van der Waals surface area (Å²) in [4.78, 5) is 31.6. The number of carbonyl (C=O) groups is 2. The number of hydrogen-bond donors (Lipinski definition) is 1. The zero-order valence-electron chi connectivity index (χ0n) is 19.5. The van der Waals surface area contributed by atoms with Gasteiger partial charge in [0.2, 0.25) is 5.91 Å². The lowest BCUT2D eigenvalue weighted by Crippen LogP contribution is -2.39. The van der Waals surface area contributed by atoms with Gasteiger partial charge in [0.1, 0.15) is 0 Å². The highest BCUT2D eigenvalue weighted by Crippen LogP contribution is 2.37. The molecule has 1 aliphatic rings. The Morgan fingerprint density at radius 3 is 2.62 bits per heavy atom. The van der Waals surface area contributed by atoms with Crippen molar-refractivity contribution in [3.05, 3.63) is 35.7 Å². The molecule has 2 aromatic rings. The SMILES string of the molecule is CCC1C=Nc2cc(OCCCC(=O)Nc3cc(C)n(C)c3)c(OC)cc2C(=O)N1CC. The molecule has 3 rings (SSSR count). The zero-order chi connectivity index (χ0) is 23.3. The molecule has 1 unspecified atom stereocenters. The fraction of sp³-hybridized carbons (Fsp3) is 0.458. The van der Waals surface area contributed by atoms with Gasteiger partial charge in [-0.05, 0) is 38.8 Å². The van der Waals surface area contributed by atoms with E-state index in [1.165, 1.54) is 0 Å². The fourth-order valence-corrected chi connectivity index (χ4v) is 3.74. The van der Waals surface area contributed by atoms with Gasteiger partial charge in [-0.15, -0.1) is 0 Å². The van der Waals surface area contributed by atoms with E-state index in [-0.39, 0.29) is 17.9 Å². The van der Waals surface area contributed by atoms with Crippen LogP contribution in [0.15, 0.2) is 29.4 Å². The summed E-state index contributed by atoms with van der Waals surface area (Å²) in [5, 5.41) is 2.90. The normalized spacial score (nSPS) is 15.3. The van der Waals surface area contributed by atoms with E-state index in [1.54, 1.807) is 19.2 Å². The van der Waals surface area contributed by atoms with E-state index >= 15 is 0 Å². The van der Waals surface area contributed by atoms with Crippen LogP contribution in [0.5, 0.6) is 11.5 Å². The van der Waals surface area contributed by atoms with Crippen molar-refractivity contribution in [1.29, 1.82) is 0 Å². The van der Waals surface area contributed by atoms with E-state index in [9.17, 15) is 9.59 Å². The van der Waals surface area contributed by atoms with Crippen molar-refractivity contribution in [1.82, 2.24) is 9.47 Å². The Bertz CT molecular complexity index is 992. The number of benzene rings is 1. The van der Waals surface area contributed by atoms with E-state index in [1.807, 2.05) is 55.8 Å². The van der Waals surface area contributed by atoms with Crippen molar-refractivity contribution in [3.8, 4) is 11.5 Å². The number of nitrogens with one attached hydrogen (secondary N) is 1. The van der Waals surface area contributed by atoms with Crippen LogP contribution in [0.2, 0.25) is 0 Å². The number of fused-ring (bicyclic) bond motifs is 1. The second-order valence-electron chi connectivity index (χ2n) is 7.85. The molecule has 8 nitrogen and oxygen atoms in total. The summed E-state index contributed by atoms with van der Waals surface area (Å²) >= 11 is 0. The van der Waals surface area contributed by atoms with Gasteiger partial charge in [-0.2, -0.15) is 0 Å². The van der Waals surface area contributed by atoms with Crippen molar-refractivity contribution in [2.75, 3.05) is 25.6 Å². The van der Waals surface area contributed by atoms with Gasteiger partial charge in [0, 0.05) is 44.2 Å². The molecule has 172 valence electrons. The summed E-state index contributed by atoms with van der Waals surface area (Å²) in [6.07, 6.45) is 5.37. The molecule has 0 bridgehead atoms. The van der Waals surface area contributed by atoms with Gasteiger partial charge in [0.05, 0.1) is 36.7 Å². The average Bonchev–Trinajstić information content (AvgIpc) is 3.02. The average molecular weight is 441 g/mol. The summed E-state index contributed by atoms with van der Waals surface area (Å²) in [7, 11) is 3.48. The van der Waals surface area contributed by atoms with Crippen molar-refractivity contribution < 1.29 is 19.1 Å². The molecule has 0 saturated heterocycles. The smallest absolute Gasteiger partial charge is 0.256 e. The molecule has 2 amide bonds. The Morgan fingerprint density at radius 1 is 1.22 bits per heavy atom. The van der Waals surface area contributed by atoms with Crippen molar-refractivity contribution in [2.24, 2.45) is 12.0 Å². The minimum absolute atomic E-state index is 0.0397. The highest BCUT2D eigenvalue weighted by molar-refractivity contribution is 6.03. The number of anilines is 1. The maximum absolute atomic E-state index is 13.0. The predicted molar refractivity (Wildman–Crippen MR) is 125 cm³/mol. The zero-order valence-corrected chi connectivity index (χ0v) is 19.5. The number of aromatic nitrogens is 1. The standard InChI is InChI=1S/C24H32N4O4/c1-6-18-14-25-20-13-22(21(31-5)12-19(20)24(30)28(18)7-2)32-10-8-9-23(29)26-17-11-16(3)27(4)15-17/h11-15,18H,6-10H2,1-5H3,(H,26,29). The Labute approximate surface area is 189 Å². The second-order valence-corrected chi connectivity index (χ2v) is 7.85. The number of amides is 2. The van der Waals surface area contributed by atoms with Gasteiger partial charge >= 0.3 is 0 Å². The first-order valence-electron chi connectivity index (χ1n) is 11.0. The minimum atomic E-state index is -0.0653. The van der Waals surface area contributed by atoms with Gasteiger partial charge in [0.15, 0.2) is 11.5 Å². The van der Waals surface area contributed by atoms with Crippen molar-refractivity contribution in [2.45, 2.75) is 46.1 Å². The van der Waals surface area contributed by atoms with Crippen LogP contribution in [0.3, 0.4) is 0 Å². The van der Waals surface area contributed by atoms with Crippen LogP contribution in [0, 0.1) is 6.92 Å². The number of ether oxygens (including phenoxy) is 2. The monoisotopic (exact) mass is 440 g/mol. The Morgan fingerprint density at radius 2 is 2.00 bits per heavy atom. The summed E-state index contributed by atoms with van der Waals surface area (Å²) in [6, 6.07) is 5.32. The maximum Gasteiger partial charge on any atom is 0.256 e. The molecule has 0 fully saturated rings. The first-order chi connectivity index (χ1) is 15.4. The molecule has 1 aromatic heterocycles. The Hall–Kier alpha value is -3.29. The van der Waals surface area contributed by atoms with Crippen LogP contribution in [-0.4, -0.2) is 53.8 Å². The molecule has 1 N–H and O–H groups in total. The topological polar surface area (TPSA) is 85.2 Å². The summed E-state index contributed by atoms with van der Waals surface area (Å²) in [5.74, 6) is 0.855. The molecule has 0 saturated carbocycles. The summed E-state index contributed by atoms with van der Waals surface area (Å²) in [6.45, 7) is 6.92. The highest BCUT2D eigenvalue weighted by Gasteiger charge is 2.27. The lowest BCUT2D eigenvalue weighted by Gasteiger charge is -2.26. The number of aryl methyl sites for hydroxylation is 2. The third kappa shape index (κ3) is 5.12. The number of rotatable bonds is 9. The van der Waals surface area contributed by atoms with Crippen LogP contribution in [0.25, 0.3) is 0 Å². The molecule has 0 radical (unpaired) electrons. The second kappa shape index (κ2) is 10.3. The number of aliphatic imine (C=N–C) groups is 1. The minimum Gasteiger partial charge on any atom is -0.493 e. The molecular formula is C24H32N4O4. The van der Waals surface area contributed by atoms with Gasteiger partial charge in [-0.1, -0.05) is 6.92 Å². The van der Waals surface area contributed by atoms with Crippen LogP contribution in [0.1, 0.15) is 49.2 Å². The van der Waals surface area contributed by atoms with Crippen LogP contribution >= 0.6 is 0 Å². The third-order valence-electron chi connectivity index (χ3n) is 5.66. The summed E-state index contributed by atoms with van der Waals surface area (Å²) < 4.78 is 13.3. The van der Waals surface area contributed by atoms with Crippen LogP contribution < -0.4 is 14.8 Å². The predicted octanol–water partition coefficient (Wildman–Crippen LogP) is 4.10. The van der Waals surface area contributed by atoms with Gasteiger partial charge in [-0.25, -0.2) is 0 Å². The fourth-order valence-electron chi connectivity index (χ4n) is 3.74. The number of carbonyl (C=O) groups excluding carboxylic acids is 2. The Balaban J connectivity index is 1.64. The molecule has 0 spiro atoms. The highest BCUT2D eigenvalue weighted by atomic mass is 16.5. The van der Waals surface area contributed by atoms with Gasteiger partial charge < -0.3 is 24.3 Å². The molecule has 1 atom stereocenters. The molecule has 32 heavy (non-hydrogen) atoms. The number of hydrogen-bond acceptors (Lipinski definition) is 5. The third-order valence-corrected chi connectivity index (χ3v) is 5.66. The van der Waals surface area contributed by atoms with E-state index in [0.29, 0.717) is 48.7 Å². The largest absolute Gasteiger partial charge is 0.493 e. The molecule has 2 heterocycles. The molecule has 8 heteroatoms. The lowest BCUT2D eigenvalue weighted by molar-refractivity contribution is -0.116. The van der Waals surface area contributed by atoms with Crippen LogP contribution in [-0.2, 0) is 11.8 Å². The molecule has 1 aromatic carbocycles. The molecular weight excluding hydrogens is 408 g/mol. The lowest BCUT2D eigenvalue weighted by atomic mass is 10.1. The number of methoxy groups -OCH3 is 1. The number of nitrogens with zero attached hydrogens (tertiary/aromatic N) is 3. The first-order valence-corrected chi connectivity index (χ1v) is 11.0. The quantitative estimate of drug-likeness (QED) is 0.595. The molecule has 1 aliphatic heterocycles.